The van der Waals surface area contributed by atoms with E-state index in [2.05, 4.69) is 43.4 Å². The predicted octanol–water partition coefficient (Wildman–Crippen LogP) is 4.49. The lowest BCUT2D eigenvalue weighted by molar-refractivity contribution is 0.0812. The molecule has 1 aliphatic rings. The van der Waals surface area contributed by atoms with Crippen LogP contribution in [-0.2, 0) is 23.0 Å². The average Bonchev–Trinajstić information content (AvgIpc) is 3.53. The second kappa shape index (κ2) is 13.6. The molecular weight excluding hydrogens is 550 g/mol. The number of carbonyl (C=O) groups is 1. The van der Waals surface area contributed by atoms with Crippen molar-refractivity contribution in [2.75, 3.05) is 23.1 Å². The van der Waals surface area contributed by atoms with Crippen LogP contribution in [0.15, 0.2) is 48.7 Å². The number of anilines is 1. The van der Waals surface area contributed by atoms with Crippen molar-refractivity contribution in [2.45, 2.75) is 91.0 Å². The van der Waals surface area contributed by atoms with Gasteiger partial charge >= 0.3 is 0 Å². The SMILES string of the molecule is CCn1ncc2c(N3CCCS3(=O)=O)cc(C(=O)N[C@@H](Cc3ccccc3)[C@H](O)CNC(C)(C)CCCC(C)C)cc21. The summed E-state index contributed by atoms with van der Waals surface area (Å²) in [6.07, 6.45) is 5.05. The Bertz CT molecular complexity index is 1450. The van der Waals surface area contributed by atoms with Crippen molar-refractivity contribution >= 4 is 32.5 Å². The molecule has 0 saturated carbocycles. The van der Waals surface area contributed by atoms with E-state index >= 15 is 0 Å². The molecule has 0 radical (unpaired) electrons. The van der Waals surface area contributed by atoms with Gasteiger partial charge in [-0.3, -0.25) is 13.8 Å². The summed E-state index contributed by atoms with van der Waals surface area (Å²) in [5, 5.41) is 23.1. The third-order valence-corrected chi connectivity index (χ3v) is 9.98. The largest absolute Gasteiger partial charge is 0.390 e. The summed E-state index contributed by atoms with van der Waals surface area (Å²) in [6.45, 7) is 12.0. The Morgan fingerprint density at radius 1 is 1.17 bits per heavy atom. The van der Waals surface area contributed by atoms with E-state index in [-0.39, 0.29) is 17.2 Å². The van der Waals surface area contributed by atoms with Crippen LogP contribution in [0.5, 0.6) is 0 Å². The molecule has 0 spiro atoms. The van der Waals surface area contributed by atoms with Gasteiger partial charge in [0.1, 0.15) is 0 Å². The van der Waals surface area contributed by atoms with Gasteiger partial charge < -0.3 is 15.7 Å². The Labute approximate surface area is 250 Å². The Hall–Kier alpha value is -2.95. The van der Waals surface area contributed by atoms with Gasteiger partial charge in [-0.1, -0.05) is 57.0 Å². The van der Waals surface area contributed by atoms with Crippen LogP contribution < -0.4 is 14.9 Å². The molecule has 2 heterocycles. The number of amides is 1. The minimum absolute atomic E-state index is 0.0823. The molecule has 1 aliphatic heterocycles. The van der Waals surface area contributed by atoms with E-state index in [0.717, 1.165) is 24.8 Å². The van der Waals surface area contributed by atoms with E-state index < -0.39 is 22.2 Å². The molecule has 1 amide bonds. The highest BCUT2D eigenvalue weighted by Gasteiger charge is 2.32. The molecule has 0 unspecified atom stereocenters. The second-order valence-corrected chi connectivity index (χ2v) is 14.5. The first-order chi connectivity index (χ1) is 19.9. The van der Waals surface area contributed by atoms with E-state index in [0.29, 0.717) is 60.5 Å². The molecule has 3 N–H and O–H groups in total. The molecule has 230 valence electrons. The van der Waals surface area contributed by atoms with E-state index in [4.69, 9.17) is 0 Å². The maximum absolute atomic E-state index is 13.8. The van der Waals surface area contributed by atoms with Crippen LogP contribution in [0.25, 0.3) is 10.9 Å². The van der Waals surface area contributed by atoms with Gasteiger partial charge in [-0.25, -0.2) is 8.42 Å². The first-order valence-corrected chi connectivity index (χ1v) is 16.8. The number of aliphatic hydroxyl groups excluding tert-OH is 1. The summed E-state index contributed by atoms with van der Waals surface area (Å²) < 4.78 is 28.8. The number of rotatable bonds is 14. The fraction of sp³-hybridized carbons (Fsp3) is 0.562. The first kappa shape index (κ1) is 32.0. The minimum Gasteiger partial charge on any atom is -0.390 e. The Morgan fingerprint density at radius 3 is 2.55 bits per heavy atom. The number of nitrogens with one attached hydrogen (secondary N) is 2. The molecule has 1 fully saturated rings. The lowest BCUT2D eigenvalue weighted by Gasteiger charge is -2.31. The summed E-state index contributed by atoms with van der Waals surface area (Å²) in [7, 11) is -3.47. The topological polar surface area (TPSA) is 117 Å². The van der Waals surface area contributed by atoms with Gasteiger partial charge in [-0.15, -0.1) is 0 Å². The van der Waals surface area contributed by atoms with Crippen molar-refractivity contribution in [1.82, 2.24) is 20.4 Å². The van der Waals surface area contributed by atoms with Crippen molar-refractivity contribution in [2.24, 2.45) is 5.92 Å². The smallest absolute Gasteiger partial charge is 0.251 e. The number of fused-ring (bicyclic) bond motifs is 1. The van der Waals surface area contributed by atoms with Gasteiger partial charge in [0.25, 0.3) is 5.91 Å². The van der Waals surface area contributed by atoms with Gasteiger partial charge in [0.05, 0.1) is 35.3 Å². The van der Waals surface area contributed by atoms with Gasteiger partial charge in [-0.05, 0) is 63.6 Å². The summed E-state index contributed by atoms with van der Waals surface area (Å²) >= 11 is 0. The van der Waals surface area contributed by atoms with Crippen molar-refractivity contribution in [3.05, 3.63) is 59.8 Å². The first-order valence-electron chi connectivity index (χ1n) is 15.2. The maximum atomic E-state index is 13.8. The fourth-order valence-electron chi connectivity index (χ4n) is 5.62. The zero-order valence-corrected chi connectivity index (χ0v) is 26.5. The molecule has 3 aromatic rings. The summed E-state index contributed by atoms with van der Waals surface area (Å²) in [6, 6.07) is 12.6. The fourth-order valence-corrected chi connectivity index (χ4v) is 7.20. The van der Waals surface area contributed by atoms with Crippen LogP contribution in [0.1, 0.15) is 76.2 Å². The average molecular weight is 598 g/mol. The second-order valence-electron chi connectivity index (χ2n) is 12.5. The molecule has 1 saturated heterocycles. The van der Waals surface area contributed by atoms with Crippen LogP contribution in [0.4, 0.5) is 5.69 Å². The quantitative estimate of drug-likeness (QED) is 0.252. The highest BCUT2D eigenvalue weighted by Crippen LogP contribution is 2.33. The zero-order valence-electron chi connectivity index (χ0n) is 25.6. The summed E-state index contributed by atoms with van der Waals surface area (Å²) in [5.41, 5.74) is 2.35. The molecule has 10 heteroatoms. The number of hydrogen-bond donors (Lipinski definition) is 3. The van der Waals surface area contributed by atoms with Crippen LogP contribution >= 0.6 is 0 Å². The Morgan fingerprint density at radius 2 is 1.90 bits per heavy atom. The van der Waals surface area contributed by atoms with E-state index in [9.17, 15) is 18.3 Å². The van der Waals surface area contributed by atoms with Crippen molar-refractivity contribution in [3.8, 4) is 0 Å². The summed E-state index contributed by atoms with van der Waals surface area (Å²) in [5.74, 6) is 0.367. The summed E-state index contributed by atoms with van der Waals surface area (Å²) in [4.78, 5) is 13.8. The highest BCUT2D eigenvalue weighted by molar-refractivity contribution is 7.93. The number of aryl methyl sites for hydroxylation is 1. The molecule has 2 atom stereocenters. The van der Waals surface area contributed by atoms with Gasteiger partial charge in [-0.2, -0.15) is 5.10 Å². The normalized spacial score (nSPS) is 16.7. The van der Waals surface area contributed by atoms with Crippen molar-refractivity contribution in [1.29, 1.82) is 0 Å². The molecule has 9 nitrogen and oxygen atoms in total. The number of carbonyl (C=O) groups excluding carboxylic acids is 1. The molecule has 4 rings (SSSR count). The monoisotopic (exact) mass is 597 g/mol. The van der Waals surface area contributed by atoms with Crippen LogP contribution in [0, 0.1) is 5.92 Å². The van der Waals surface area contributed by atoms with Crippen molar-refractivity contribution in [3.63, 3.8) is 0 Å². The molecule has 0 bridgehead atoms. The zero-order chi connectivity index (χ0) is 30.5. The van der Waals surface area contributed by atoms with Crippen LogP contribution in [-0.4, -0.2) is 65.7 Å². The molecule has 0 aliphatic carbocycles. The van der Waals surface area contributed by atoms with E-state index in [1.807, 2.05) is 37.3 Å². The molecular formula is C32H47N5O4S. The predicted molar refractivity (Wildman–Crippen MR) is 169 cm³/mol. The number of hydrogen-bond acceptors (Lipinski definition) is 6. The van der Waals surface area contributed by atoms with E-state index in [1.165, 1.54) is 4.31 Å². The van der Waals surface area contributed by atoms with Gasteiger partial charge in [0.15, 0.2) is 0 Å². The van der Waals surface area contributed by atoms with E-state index in [1.54, 1.807) is 23.0 Å². The third kappa shape index (κ3) is 7.90. The van der Waals surface area contributed by atoms with Crippen LogP contribution in [0.3, 0.4) is 0 Å². The van der Waals surface area contributed by atoms with Crippen LogP contribution in [0.2, 0.25) is 0 Å². The number of benzene rings is 2. The van der Waals surface area contributed by atoms with Gasteiger partial charge in [0, 0.05) is 36.1 Å². The number of aliphatic hydroxyl groups is 1. The minimum atomic E-state index is -3.47. The molecule has 1 aromatic heterocycles. The number of β-amino-alcohol motifs (C(OH)–C–C–N with tert-alkyl or cyclic N) is 1. The number of sulfonamides is 1. The van der Waals surface area contributed by atoms with Gasteiger partial charge in [0.2, 0.25) is 10.0 Å². The Balaban J connectivity index is 1.59. The molecule has 42 heavy (non-hydrogen) atoms. The van der Waals surface area contributed by atoms with Crippen molar-refractivity contribution < 1.29 is 18.3 Å². The maximum Gasteiger partial charge on any atom is 0.251 e. The third-order valence-electron chi connectivity index (χ3n) is 8.12. The highest BCUT2D eigenvalue weighted by atomic mass is 32.2. The lowest BCUT2D eigenvalue weighted by Crippen LogP contribution is -2.52. The lowest BCUT2D eigenvalue weighted by atomic mass is 9.93. The standard InChI is InChI=1S/C32H47N5O4S/c1-6-36-28-19-25(20-29(26(28)21-34-36)37-16-11-17-42(37,40)41)31(39)35-27(18-24-13-8-7-9-14-24)30(38)22-33-32(4,5)15-10-12-23(2)3/h7-9,13-14,19-21,23,27,30,33,38H,6,10-12,15-18,22H2,1-5H3,(H,35,39)/t27-,30+/m0/s1. The Kier molecular flexibility index (Phi) is 10.3. The number of nitrogens with zero attached hydrogens (tertiary/aromatic N) is 3. The number of aromatic nitrogens is 2. The molecule has 2 aromatic carbocycles.